The van der Waals surface area contributed by atoms with E-state index in [1.54, 1.807) is 0 Å². The first-order valence-electron chi connectivity index (χ1n) is 5.43. The van der Waals surface area contributed by atoms with Crippen molar-refractivity contribution in [3.8, 4) is 5.75 Å². The molecule has 0 saturated carbocycles. The van der Waals surface area contributed by atoms with Gasteiger partial charge in [0.15, 0.2) is 0 Å². The van der Waals surface area contributed by atoms with E-state index in [4.69, 9.17) is 4.74 Å². The van der Waals surface area contributed by atoms with Gasteiger partial charge in [-0.25, -0.2) is 0 Å². The molecule has 15 heavy (non-hydrogen) atoms. The summed E-state index contributed by atoms with van der Waals surface area (Å²) in [6, 6.07) is 8.19. The first-order valence-corrected chi connectivity index (χ1v) is 5.43. The smallest absolute Gasteiger partial charge is 0.120 e. The van der Waals surface area contributed by atoms with Gasteiger partial charge >= 0.3 is 0 Å². The van der Waals surface area contributed by atoms with Gasteiger partial charge < -0.3 is 10.1 Å². The van der Waals surface area contributed by atoms with Gasteiger partial charge in [-0.2, -0.15) is 0 Å². The van der Waals surface area contributed by atoms with Crippen molar-refractivity contribution in [3.05, 3.63) is 41.5 Å². The summed E-state index contributed by atoms with van der Waals surface area (Å²) in [7, 11) is 0. The van der Waals surface area contributed by atoms with E-state index in [1.807, 2.05) is 12.1 Å². The molecule has 1 aliphatic heterocycles. The Kier molecular flexibility index (Phi) is 3.41. The van der Waals surface area contributed by atoms with Gasteiger partial charge in [-0.1, -0.05) is 18.2 Å². The molecule has 80 valence electrons. The molecule has 2 nitrogen and oxygen atoms in total. The second-order valence-electron chi connectivity index (χ2n) is 3.92. The highest BCUT2D eigenvalue weighted by atomic mass is 16.5. The van der Waals surface area contributed by atoms with E-state index < -0.39 is 0 Å². The Morgan fingerprint density at radius 3 is 3.07 bits per heavy atom. The Hall–Kier alpha value is -1.28. The van der Waals surface area contributed by atoms with Crippen LogP contribution in [0.25, 0.3) is 0 Å². The monoisotopic (exact) mass is 203 g/mol. The molecule has 0 fully saturated rings. The molecule has 0 atom stereocenters. The topological polar surface area (TPSA) is 21.3 Å². The lowest BCUT2D eigenvalue weighted by Crippen LogP contribution is -2.22. The second kappa shape index (κ2) is 4.99. The van der Waals surface area contributed by atoms with Gasteiger partial charge in [-0.15, -0.1) is 0 Å². The number of aryl methyl sites for hydroxylation is 1. The maximum atomic E-state index is 5.73. The summed E-state index contributed by atoms with van der Waals surface area (Å²) in [6.45, 7) is 4.86. The van der Waals surface area contributed by atoms with E-state index in [0.717, 1.165) is 31.9 Å². The van der Waals surface area contributed by atoms with E-state index in [0.29, 0.717) is 0 Å². The summed E-state index contributed by atoms with van der Waals surface area (Å²) in [5.74, 6) is 0.967. The zero-order valence-electron chi connectivity index (χ0n) is 9.12. The highest BCUT2D eigenvalue weighted by molar-refractivity contribution is 5.28. The SMILES string of the molecule is Cc1cccc(OCC2=CCNCC2)c1. The van der Waals surface area contributed by atoms with Crippen molar-refractivity contribution in [2.45, 2.75) is 13.3 Å². The van der Waals surface area contributed by atoms with Gasteiger partial charge in [0.25, 0.3) is 0 Å². The number of nitrogens with one attached hydrogen (secondary N) is 1. The second-order valence-corrected chi connectivity index (χ2v) is 3.92. The molecule has 0 radical (unpaired) electrons. The minimum atomic E-state index is 0.727. The van der Waals surface area contributed by atoms with Gasteiger partial charge in [0, 0.05) is 6.54 Å². The minimum Gasteiger partial charge on any atom is -0.489 e. The summed E-state index contributed by atoms with van der Waals surface area (Å²) in [6.07, 6.45) is 3.32. The van der Waals surface area contributed by atoms with Crippen LogP contribution in [0, 0.1) is 6.92 Å². The number of rotatable bonds is 3. The van der Waals surface area contributed by atoms with Gasteiger partial charge in [-0.05, 0) is 43.2 Å². The Bertz CT molecular complexity index is 357. The molecule has 1 aromatic rings. The standard InChI is InChI=1S/C13H17NO/c1-11-3-2-4-13(9-11)15-10-12-5-7-14-8-6-12/h2-5,9,14H,6-8,10H2,1H3. The van der Waals surface area contributed by atoms with Crippen molar-refractivity contribution in [1.82, 2.24) is 5.32 Å². The summed E-state index contributed by atoms with van der Waals surface area (Å²) >= 11 is 0. The van der Waals surface area contributed by atoms with Crippen LogP contribution >= 0.6 is 0 Å². The largest absolute Gasteiger partial charge is 0.489 e. The van der Waals surface area contributed by atoms with E-state index >= 15 is 0 Å². The maximum absolute atomic E-state index is 5.73. The van der Waals surface area contributed by atoms with Crippen LogP contribution in [0.15, 0.2) is 35.9 Å². The Morgan fingerprint density at radius 1 is 1.40 bits per heavy atom. The van der Waals surface area contributed by atoms with Crippen LogP contribution in [0.1, 0.15) is 12.0 Å². The van der Waals surface area contributed by atoms with Gasteiger partial charge in [0.05, 0.1) is 0 Å². The molecule has 0 aliphatic carbocycles. The normalized spacial score (nSPS) is 15.9. The fraction of sp³-hybridized carbons (Fsp3) is 0.385. The third-order valence-corrected chi connectivity index (χ3v) is 2.57. The zero-order valence-corrected chi connectivity index (χ0v) is 9.12. The maximum Gasteiger partial charge on any atom is 0.120 e. The fourth-order valence-electron chi connectivity index (χ4n) is 1.68. The highest BCUT2D eigenvalue weighted by Gasteiger charge is 2.03. The first-order chi connectivity index (χ1) is 7.34. The summed E-state index contributed by atoms with van der Waals surface area (Å²) in [4.78, 5) is 0. The van der Waals surface area contributed by atoms with Crippen LogP contribution in [0.4, 0.5) is 0 Å². The predicted molar refractivity (Wildman–Crippen MR) is 62.2 cm³/mol. The molecule has 0 bridgehead atoms. The van der Waals surface area contributed by atoms with Crippen molar-refractivity contribution in [2.75, 3.05) is 19.7 Å². The number of ether oxygens (including phenoxy) is 1. The fourth-order valence-corrected chi connectivity index (χ4v) is 1.68. The average molecular weight is 203 g/mol. The van der Waals surface area contributed by atoms with Crippen molar-refractivity contribution < 1.29 is 4.74 Å². The van der Waals surface area contributed by atoms with Crippen molar-refractivity contribution in [2.24, 2.45) is 0 Å². The van der Waals surface area contributed by atoms with Crippen LogP contribution in [-0.4, -0.2) is 19.7 Å². The highest BCUT2D eigenvalue weighted by Crippen LogP contribution is 2.14. The molecule has 1 aromatic carbocycles. The van der Waals surface area contributed by atoms with Gasteiger partial charge in [0.1, 0.15) is 12.4 Å². The molecule has 2 heteroatoms. The molecule has 0 aromatic heterocycles. The van der Waals surface area contributed by atoms with Crippen molar-refractivity contribution >= 4 is 0 Å². The van der Waals surface area contributed by atoms with Crippen molar-refractivity contribution in [1.29, 1.82) is 0 Å². The van der Waals surface area contributed by atoms with E-state index in [-0.39, 0.29) is 0 Å². The summed E-state index contributed by atoms with van der Waals surface area (Å²) in [5, 5.41) is 3.29. The Balaban J connectivity index is 1.90. The van der Waals surface area contributed by atoms with Gasteiger partial charge in [-0.3, -0.25) is 0 Å². The molecule has 1 N–H and O–H groups in total. The third kappa shape index (κ3) is 3.10. The summed E-state index contributed by atoms with van der Waals surface area (Å²) in [5.41, 5.74) is 2.64. The number of benzene rings is 1. The lowest BCUT2D eigenvalue weighted by atomic mass is 10.1. The van der Waals surface area contributed by atoms with Crippen LogP contribution in [0.5, 0.6) is 5.75 Å². The van der Waals surface area contributed by atoms with E-state index in [1.165, 1.54) is 11.1 Å². The molecule has 2 rings (SSSR count). The Morgan fingerprint density at radius 2 is 2.33 bits per heavy atom. The van der Waals surface area contributed by atoms with E-state index in [9.17, 15) is 0 Å². The summed E-state index contributed by atoms with van der Waals surface area (Å²) < 4.78 is 5.73. The molecular weight excluding hydrogens is 186 g/mol. The molecule has 0 amide bonds. The van der Waals surface area contributed by atoms with Crippen molar-refractivity contribution in [3.63, 3.8) is 0 Å². The lowest BCUT2D eigenvalue weighted by molar-refractivity contribution is 0.344. The van der Waals surface area contributed by atoms with E-state index in [2.05, 4.69) is 30.4 Å². The van der Waals surface area contributed by atoms with Gasteiger partial charge in [0.2, 0.25) is 0 Å². The first kappa shape index (κ1) is 10.2. The number of hydrogen-bond acceptors (Lipinski definition) is 2. The quantitative estimate of drug-likeness (QED) is 0.761. The third-order valence-electron chi connectivity index (χ3n) is 2.57. The van der Waals surface area contributed by atoms with Crippen LogP contribution in [-0.2, 0) is 0 Å². The zero-order chi connectivity index (χ0) is 10.5. The molecule has 1 aliphatic rings. The predicted octanol–water partition coefficient (Wildman–Crippen LogP) is 2.29. The lowest BCUT2D eigenvalue weighted by Gasteiger charge is -2.14. The Labute approximate surface area is 91.0 Å². The van der Waals surface area contributed by atoms with Crippen LogP contribution in [0.2, 0.25) is 0 Å². The van der Waals surface area contributed by atoms with Crippen LogP contribution in [0.3, 0.4) is 0 Å². The molecule has 0 unspecified atom stereocenters. The number of hydrogen-bond donors (Lipinski definition) is 1. The molecule has 1 heterocycles. The minimum absolute atomic E-state index is 0.727. The molecular formula is C13H17NO. The molecule has 0 spiro atoms. The average Bonchev–Trinajstić information content (AvgIpc) is 2.28. The molecule has 0 saturated heterocycles. The van der Waals surface area contributed by atoms with Crippen LogP contribution < -0.4 is 10.1 Å².